The van der Waals surface area contributed by atoms with Gasteiger partial charge in [-0.2, -0.15) is 0 Å². The predicted octanol–water partition coefficient (Wildman–Crippen LogP) is 3.63. The molecule has 0 aliphatic rings. The summed E-state index contributed by atoms with van der Waals surface area (Å²) in [5.74, 6) is -0.622. The Morgan fingerprint density at radius 1 is 0.844 bits per heavy atom. The number of carbonyl (C=O) groups is 2. The molecule has 0 unspecified atom stereocenters. The Morgan fingerprint density at radius 3 is 2.19 bits per heavy atom. The number of halogens is 1. The first kappa shape index (κ1) is 21.3. The molecule has 0 spiro atoms. The zero-order chi connectivity index (χ0) is 22.3. The van der Waals surface area contributed by atoms with Crippen molar-refractivity contribution < 1.29 is 14.0 Å². The zero-order valence-electron chi connectivity index (χ0n) is 16.7. The minimum Gasteiger partial charge on any atom is -0.272 e. The van der Waals surface area contributed by atoms with Gasteiger partial charge in [-0.15, -0.1) is 10.2 Å². The molecule has 0 fully saturated rings. The molecule has 0 aliphatic heterocycles. The fourth-order valence-corrected chi connectivity index (χ4v) is 3.67. The Balaban J connectivity index is 1.48. The summed E-state index contributed by atoms with van der Waals surface area (Å²) in [4.78, 5) is 24.3. The minimum atomic E-state index is -0.407. The van der Waals surface area contributed by atoms with E-state index in [1.807, 2.05) is 30.3 Å². The molecule has 0 saturated carbocycles. The Morgan fingerprint density at radius 2 is 1.50 bits per heavy atom. The Hall–Kier alpha value is -3.98. The molecule has 0 bridgehead atoms. The maximum Gasteiger partial charge on any atom is 0.269 e. The van der Waals surface area contributed by atoms with Crippen molar-refractivity contribution in [2.75, 3.05) is 5.75 Å². The van der Waals surface area contributed by atoms with Gasteiger partial charge in [0.1, 0.15) is 5.82 Å². The molecule has 0 radical (unpaired) electrons. The van der Waals surface area contributed by atoms with Gasteiger partial charge in [-0.3, -0.25) is 25.0 Å². The van der Waals surface area contributed by atoms with Gasteiger partial charge in [-0.25, -0.2) is 4.39 Å². The summed E-state index contributed by atoms with van der Waals surface area (Å²) in [6, 6.07) is 24.0. The van der Waals surface area contributed by atoms with E-state index in [0.29, 0.717) is 22.1 Å². The zero-order valence-corrected chi connectivity index (χ0v) is 17.6. The third-order valence-electron chi connectivity index (χ3n) is 4.43. The third-order valence-corrected chi connectivity index (χ3v) is 5.36. The molecule has 4 rings (SSSR count). The topological polar surface area (TPSA) is 88.9 Å². The highest BCUT2D eigenvalue weighted by atomic mass is 32.2. The number of hydrogen-bond donors (Lipinski definition) is 2. The summed E-state index contributed by atoms with van der Waals surface area (Å²) in [5.41, 5.74) is 6.71. The lowest BCUT2D eigenvalue weighted by molar-refractivity contribution is -0.119. The van der Waals surface area contributed by atoms with Crippen LogP contribution >= 0.6 is 11.8 Å². The SMILES string of the molecule is O=C(CSc1nnc(-c2ccc(F)cc2)n1-c1ccccc1)NNC(=O)c1ccccc1. The molecule has 2 amide bonds. The number of aromatic nitrogens is 3. The van der Waals surface area contributed by atoms with Crippen LogP contribution in [-0.2, 0) is 4.79 Å². The molecule has 7 nitrogen and oxygen atoms in total. The van der Waals surface area contributed by atoms with E-state index in [2.05, 4.69) is 21.0 Å². The molecule has 32 heavy (non-hydrogen) atoms. The second-order valence-corrected chi connectivity index (χ2v) is 7.58. The van der Waals surface area contributed by atoms with E-state index < -0.39 is 11.8 Å². The van der Waals surface area contributed by atoms with Gasteiger partial charge in [-0.1, -0.05) is 48.2 Å². The van der Waals surface area contributed by atoms with E-state index >= 15 is 0 Å². The summed E-state index contributed by atoms with van der Waals surface area (Å²) in [7, 11) is 0. The molecule has 1 aromatic heterocycles. The van der Waals surface area contributed by atoms with Gasteiger partial charge in [0.2, 0.25) is 5.91 Å². The largest absolute Gasteiger partial charge is 0.272 e. The molecule has 3 aromatic carbocycles. The summed E-state index contributed by atoms with van der Waals surface area (Å²) < 4.78 is 15.2. The van der Waals surface area contributed by atoms with E-state index in [1.165, 1.54) is 23.9 Å². The van der Waals surface area contributed by atoms with Crippen LogP contribution in [0.5, 0.6) is 0 Å². The molecule has 9 heteroatoms. The smallest absolute Gasteiger partial charge is 0.269 e. The molecular weight excluding hydrogens is 429 g/mol. The first-order valence-electron chi connectivity index (χ1n) is 9.65. The van der Waals surface area contributed by atoms with E-state index in [-0.39, 0.29) is 11.6 Å². The number of para-hydroxylation sites is 1. The van der Waals surface area contributed by atoms with Crippen molar-refractivity contribution in [3.8, 4) is 17.1 Å². The van der Waals surface area contributed by atoms with Gasteiger partial charge in [0.15, 0.2) is 11.0 Å². The lowest BCUT2D eigenvalue weighted by atomic mass is 10.2. The van der Waals surface area contributed by atoms with Crippen molar-refractivity contribution in [3.05, 3.63) is 96.3 Å². The number of benzene rings is 3. The quantitative estimate of drug-likeness (QED) is 0.348. The summed E-state index contributed by atoms with van der Waals surface area (Å²) >= 11 is 1.17. The summed E-state index contributed by atoms with van der Waals surface area (Å²) in [5, 5.41) is 8.96. The van der Waals surface area contributed by atoms with Crippen molar-refractivity contribution in [2.45, 2.75) is 5.16 Å². The van der Waals surface area contributed by atoms with Gasteiger partial charge in [0.05, 0.1) is 5.75 Å². The number of hydrogen-bond acceptors (Lipinski definition) is 5. The molecule has 0 atom stereocenters. The van der Waals surface area contributed by atoms with Crippen LogP contribution in [0, 0.1) is 5.82 Å². The second-order valence-electron chi connectivity index (χ2n) is 6.64. The number of hydrazine groups is 1. The normalized spacial score (nSPS) is 10.5. The number of carbonyl (C=O) groups excluding carboxylic acids is 2. The highest BCUT2D eigenvalue weighted by Crippen LogP contribution is 2.27. The van der Waals surface area contributed by atoms with Gasteiger partial charge in [0.25, 0.3) is 5.91 Å². The highest BCUT2D eigenvalue weighted by molar-refractivity contribution is 7.99. The van der Waals surface area contributed by atoms with Crippen molar-refractivity contribution in [2.24, 2.45) is 0 Å². The molecule has 160 valence electrons. The summed E-state index contributed by atoms with van der Waals surface area (Å²) in [6.45, 7) is 0. The monoisotopic (exact) mass is 447 g/mol. The van der Waals surface area contributed by atoms with E-state index in [0.717, 1.165) is 5.69 Å². The molecule has 1 heterocycles. The summed E-state index contributed by atoms with van der Waals surface area (Å²) in [6.07, 6.45) is 0. The Bertz CT molecular complexity index is 1210. The van der Waals surface area contributed by atoms with Crippen LogP contribution < -0.4 is 10.9 Å². The molecule has 2 N–H and O–H groups in total. The van der Waals surface area contributed by atoms with Gasteiger partial charge in [-0.05, 0) is 48.5 Å². The number of amides is 2. The van der Waals surface area contributed by atoms with E-state index in [1.54, 1.807) is 47.0 Å². The predicted molar refractivity (Wildman–Crippen MR) is 120 cm³/mol. The Labute approximate surface area is 187 Å². The van der Waals surface area contributed by atoms with Crippen LogP contribution in [0.3, 0.4) is 0 Å². The number of nitrogens with one attached hydrogen (secondary N) is 2. The van der Waals surface area contributed by atoms with Crippen LogP contribution in [0.4, 0.5) is 4.39 Å². The fraction of sp³-hybridized carbons (Fsp3) is 0.0435. The number of nitrogens with zero attached hydrogens (tertiary/aromatic N) is 3. The van der Waals surface area contributed by atoms with Crippen molar-refractivity contribution in [3.63, 3.8) is 0 Å². The van der Waals surface area contributed by atoms with Crippen LogP contribution in [0.25, 0.3) is 17.1 Å². The second kappa shape index (κ2) is 9.88. The van der Waals surface area contributed by atoms with Crippen LogP contribution in [0.1, 0.15) is 10.4 Å². The minimum absolute atomic E-state index is 0.00343. The lowest BCUT2D eigenvalue weighted by Gasteiger charge is -2.11. The van der Waals surface area contributed by atoms with Crippen LogP contribution in [-0.4, -0.2) is 32.3 Å². The maximum atomic E-state index is 13.4. The molecule has 0 saturated heterocycles. The van der Waals surface area contributed by atoms with Crippen molar-refractivity contribution in [1.29, 1.82) is 0 Å². The first-order chi connectivity index (χ1) is 15.6. The van der Waals surface area contributed by atoms with E-state index in [4.69, 9.17) is 0 Å². The molecular formula is C23H18FN5O2S. The lowest BCUT2D eigenvalue weighted by Crippen LogP contribution is -2.42. The van der Waals surface area contributed by atoms with Gasteiger partial charge in [0, 0.05) is 16.8 Å². The fourth-order valence-electron chi connectivity index (χ4n) is 2.91. The standard InChI is InChI=1S/C23H18FN5O2S/c24-18-13-11-16(12-14-18)21-26-28-23(29(21)19-9-5-2-6-10-19)32-15-20(30)25-27-22(31)17-7-3-1-4-8-17/h1-14H,15H2,(H,25,30)(H,27,31). The van der Waals surface area contributed by atoms with Gasteiger partial charge < -0.3 is 0 Å². The highest BCUT2D eigenvalue weighted by Gasteiger charge is 2.17. The van der Waals surface area contributed by atoms with Crippen molar-refractivity contribution in [1.82, 2.24) is 25.6 Å². The van der Waals surface area contributed by atoms with Gasteiger partial charge >= 0.3 is 0 Å². The first-order valence-corrected chi connectivity index (χ1v) is 10.6. The Kier molecular flexibility index (Phi) is 6.57. The molecule has 4 aromatic rings. The molecule has 0 aliphatic carbocycles. The van der Waals surface area contributed by atoms with Crippen LogP contribution in [0.2, 0.25) is 0 Å². The van der Waals surface area contributed by atoms with Crippen LogP contribution in [0.15, 0.2) is 90.1 Å². The average Bonchev–Trinajstić information content (AvgIpc) is 3.26. The number of thioether (sulfide) groups is 1. The van der Waals surface area contributed by atoms with Crippen molar-refractivity contribution >= 4 is 23.6 Å². The third kappa shape index (κ3) is 5.01. The number of rotatable bonds is 6. The average molecular weight is 447 g/mol. The maximum absolute atomic E-state index is 13.4. The van der Waals surface area contributed by atoms with E-state index in [9.17, 15) is 14.0 Å².